The molecule has 118 valence electrons. The number of para-hydroxylation sites is 1. The predicted molar refractivity (Wildman–Crippen MR) is 78.8 cm³/mol. The van der Waals surface area contributed by atoms with Crippen molar-refractivity contribution in [3.05, 3.63) is 42.4 Å². The van der Waals surface area contributed by atoms with Gasteiger partial charge in [0.2, 0.25) is 0 Å². The summed E-state index contributed by atoms with van der Waals surface area (Å²) in [5.41, 5.74) is -0.707. The van der Waals surface area contributed by atoms with Crippen molar-refractivity contribution in [1.82, 2.24) is 14.3 Å². The third-order valence-corrected chi connectivity index (χ3v) is 4.96. The van der Waals surface area contributed by atoms with Crippen LogP contribution < -0.4 is 9.46 Å². The Kier molecular flexibility index (Phi) is 3.67. The number of aryl methyl sites for hydroxylation is 1. The van der Waals surface area contributed by atoms with Crippen LogP contribution in [0.2, 0.25) is 0 Å². The zero-order chi connectivity index (χ0) is 15.8. The molecule has 0 unspecified atom stereocenters. The number of nitrogens with zero attached hydrogens (tertiary/aromatic N) is 2. The number of hydrogen-bond donors (Lipinski definition) is 2. The van der Waals surface area contributed by atoms with Gasteiger partial charge in [0.1, 0.15) is 11.4 Å². The van der Waals surface area contributed by atoms with Gasteiger partial charge in [-0.1, -0.05) is 18.2 Å². The fraction of sp³-hybridized carbons (Fsp3) is 0.357. The summed E-state index contributed by atoms with van der Waals surface area (Å²) >= 11 is 0. The molecule has 1 aromatic heterocycles. The van der Waals surface area contributed by atoms with Gasteiger partial charge in [0.05, 0.1) is 12.9 Å². The van der Waals surface area contributed by atoms with E-state index in [4.69, 9.17) is 4.74 Å². The molecule has 0 amide bonds. The lowest BCUT2D eigenvalue weighted by Gasteiger charge is -2.34. The Morgan fingerprint density at radius 1 is 1.45 bits per heavy atom. The van der Waals surface area contributed by atoms with Gasteiger partial charge in [0.25, 0.3) is 10.0 Å². The summed E-state index contributed by atoms with van der Waals surface area (Å²) < 4.78 is 33.9. The van der Waals surface area contributed by atoms with E-state index in [1.807, 2.05) is 6.07 Å². The second-order valence-corrected chi connectivity index (χ2v) is 7.04. The van der Waals surface area contributed by atoms with Gasteiger partial charge in [-0.2, -0.15) is 0 Å². The second-order valence-electron chi connectivity index (χ2n) is 5.33. The van der Waals surface area contributed by atoms with Crippen LogP contribution in [0.15, 0.2) is 41.8 Å². The lowest BCUT2D eigenvalue weighted by Crippen LogP contribution is -2.43. The summed E-state index contributed by atoms with van der Waals surface area (Å²) in [6.07, 6.45) is 3.13. The van der Waals surface area contributed by atoms with Crippen LogP contribution in [0.25, 0.3) is 0 Å². The fourth-order valence-corrected chi connectivity index (χ4v) is 3.51. The van der Waals surface area contributed by atoms with Crippen LogP contribution in [0.3, 0.4) is 0 Å². The molecule has 1 atom stereocenters. The minimum atomic E-state index is -3.76. The molecule has 1 aliphatic rings. The normalized spacial score (nSPS) is 21.2. The molecule has 7 nitrogen and oxygen atoms in total. The number of fused-ring (bicyclic) bond motifs is 1. The van der Waals surface area contributed by atoms with Gasteiger partial charge >= 0.3 is 0 Å². The molecule has 0 fully saturated rings. The number of aliphatic hydroxyl groups is 1. The number of imidazole rings is 1. The molecule has 8 heteroatoms. The van der Waals surface area contributed by atoms with E-state index in [0.717, 1.165) is 0 Å². The summed E-state index contributed by atoms with van der Waals surface area (Å²) in [7, 11) is -2.07. The Morgan fingerprint density at radius 3 is 2.95 bits per heavy atom. The lowest BCUT2D eigenvalue weighted by molar-refractivity contribution is 0.00218. The van der Waals surface area contributed by atoms with Crippen LogP contribution in [-0.4, -0.2) is 36.2 Å². The standard InChI is InChI=1S/C14H17N3O4S/c1-17-8-13(15-10-17)22(19,20)16-9-14(18)6-7-21-12-5-3-2-4-11(12)14/h2-5,8,10,16,18H,6-7,9H2,1H3/t14-/m0/s1. The molecule has 2 N–H and O–H groups in total. The van der Waals surface area contributed by atoms with Crippen molar-refractivity contribution in [2.24, 2.45) is 7.05 Å². The first-order valence-electron chi connectivity index (χ1n) is 6.83. The first kappa shape index (κ1) is 15.0. The van der Waals surface area contributed by atoms with Crippen LogP contribution in [0, 0.1) is 0 Å². The minimum absolute atomic E-state index is 0.0704. The van der Waals surface area contributed by atoms with E-state index in [1.165, 1.54) is 12.5 Å². The lowest BCUT2D eigenvalue weighted by atomic mass is 9.88. The highest BCUT2D eigenvalue weighted by molar-refractivity contribution is 7.89. The van der Waals surface area contributed by atoms with Gasteiger partial charge in [-0.15, -0.1) is 0 Å². The number of benzene rings is 1. The fourth-order valence-electron chi connectivity index (χ4n) is 2.44. The van der Waals surface area contributed by atoms with Gasteiger partial charge < -0.3 is 14.4 Å². The highest BCUT2D eigenvalue weighted by Gasteiger charge is 2.36. The average Bonchev–Trinajstić information content (AvgIpc) is 2.94. The first-order valence-corrected chi connectivity index (χ1v) is 8.31. The second kappa shape index (κ2) is 5.38. The maximum absolute atomic E-state index is 12.2. The molecule has 1 aliphatic heterocycles. The molecule has 22 heavy (non-hydrogen) atoms. The molecule has 0 radical (unpaired) electrons. The van der Waals surface area contributed by atoms with Crippen LogP contribution in [0.4, 0.5) is 0 Å². The summed E-state index contributed by atoms with van der Waals surface area (Å²) in [6.45, 7) is 0.200. The maximum atomic E-state index is 12.2. The van der Waals surface area contributed by atoms with Crippen LogP contribution in [0.1, 0.15) is 12.0 Å². The van der Waals surface area contributed by atoms with E-state index >= 15 is 0 Å². The van der Waals surface area contributed by atoms with Crippen molar-refractivity contribution in [3.8, 4) is 5.75 Å². The predicted octanol–water partition coefficient (Wildman–Crippen LogP) is 0.369. The molecule has 2 aromatic rings. The van der Waals surface area contributed by atoms with Gasteiger partial charge in [-0.3, -0.25) is 0 Å². The topological polar surface area (TPSA) is 93.5 Å². The van der Waals surface area contributed by atoms with E-state index in [0.29, 0.717) is 24.3 Å². The average molecular weight is 323 g/mol. The van der Waals surface area contributed by atoms with E-state index in [9.17, 15) is 13.5 Å². The zero-order valence-corrected chi connectivity index (χ0v) is 12.9. The summed E-state index contributed by atoms with van der Waals surface area (Å²) in [5.74, 6) is 0.577. The molecule has 0 saturated carbocycles. The molecule has 0 bridgehead atoms. The Hall–Kier alpha value is -1.90. The van der Waals surface area contributed by atoms with E-state index in [2.05, 4.69) is 9.71 Å². The number of nitrogens with one attached hydrogen (secondary N) is 1. The van der Waals surface area contributed by atoms with Crippen molar-refractivity contribution in [2.75, 3.05) is 13.2 Å². The number of aromatic nitrogens is 2. The van der Waals surface area contributed by atoms with Crippen molar-refractivity contribution in [1.29, 1.82) is 0 Å². The molecule has 1 aromatic carbocycles. The van der Waals surface area contributed by atoms with E-state index in [-0.39, 0.29) is 11.6 Å². The quantitative estimate of drug-likeness (QED) is 0.848. The number of rotatable bonds is 4. The van der Waals surface area contributed by atoms with Gasteiger partial charge in [-0.05, 0) is 6.07 Å². The molecule has 0 spiro atoms. The number of ether oxygens (including phenoxy) is 1. The van der Waals surface area contributed by atoms with Crippen LogP contribution in [-0.2, 0) is 22.7 Å². The summed E-state index contributed by atoms with van der Waals surface area (Å²) in [5, 5.41) is 10.7. The molecular weight excluding hydrogens is 306 g/mol. The molecule has 2 heterocycles. The third-order valence-electron chi connectivity index (χ3n) is 3.67. The van der Waals surface area contributed by atoms with Crippen LogP contribution >= 0.6 is 0 Å². The van der Waals surface area contributed by atoms with Crippen molar-refractivity contribution < 1.29 is 18.3 Å². The van der Waals surface area contributed by atoms with Gasteiger partial charge in [0, 0.05) is 31.8 Å². The maximum Gasteiger partial charge on any atom is 0.259 e. The van der Waals surface area contributed by atoms with E-state index < -0.39 is 15.6 Å². The highest BCUT2D eigenvalue weighted by atomic mass is 32.2. The number of hydrogen-bond acceptors (Lipinski definition) is 5. The zero-order valence-electron chi connectivity index (χ0n) is 12.1. The minimum Gasteiger partial charge on any atom is -0.493 e. The Bertz CT molecular complexity index is 787. The Labute approximate surface area is 128 Å². The molecular formula is C14H17N3O4S. The van der Waals surface area contributed by atoms with Crippen LogP contribution in [0.5, 0.6) is 5.75 Å². The van der Waals surface area contributed by atoms with Crippen molar-refractivity contribution in [3.63, 3.8) is 0 Å². The van der Waals surface area contributed by atoms with Crippen molar-refractivity contribution >= 4 is 10.0 Å². The summed E-state index contributed by atoms with van der Waals surface area (Å²) in [6, 6.07) is 7.09. The first-order chi connectivity index (χ1) is 10.4. The van der Waals surface area contributed by atoms with E-state index in [1.54, 1.807) is 29.8 Å². The van der Waals surface area contributed by atoms with Gasteiger partial charge in [0.15, 0.2) is 5.03 Å². The smallest absolute Gasteiger partial charge is 0.259 e. The van der Waals surface area contributed by atoms with Crippen molar-refractivity contribution in [2.45, 2.75) is 17.0 Å². The Morgan fingerprint density at radius 2 is 2.23 bits per heavy atom. The molecule has 0 aliphatic carbocycles. The molecule has 0 saturated heterocycles. The largest absolute Gasteiger partial charge is 0.493 e. The molecule has 3 rings (SSSR count). The van der Waals surface area contributed by atoms with Gasteiger partial charge in [-0.25, -0.2) is 18.1 Å². The summed E-state index contributed by atoms with van der Waals surface area (Å²) in [4.78, 5) is 3.82. The number of sulfonamides is 1. The highest BCUT2D eigenvalue weighted by Crippen LogP contribution is 2.36. The monoisotopic (exact) mass is 323 g/mol. The third kappa shape index (κ3) is 2.72. The Balaban J connectivity index is 1.82. The SMILES string of the molecule is Cn1cnc(S(=O)(=O)NC[C@@]2(O)CCOc3ccccc32)c1.